The summed E-state index contributed by atoms with van der Waals surface area (Å²) in [6.07, 6.45) is 0.864. The lowest BCUT2D eigenvalue weighted by Gasteiger charge is -2.10. The molecule has 1 fully saturated rings. The number of hydrogen-bond donors (Lipinski definition) is 0. The lowest BCUT2D eigenvalue weighted by Crippen LogP contribution is -2.15. The van der Waals surface area contributed by atoms with E-state index in [1.807, 2.05) is 0 Å². The Labute approximate surface area is 102 Å². The van der Waals surface area contributed by atoms with E-state index in [0.29, 0.717) is 18.8 Å². The second-order valence-corrected chi connectivity index (χ2v) is 5.82. The monoisotopic (exact) mass is 256 g/mol. The lowest BCUT2D eigenvalue weighted by molar-refractivity contribution is 0.168. The summed E-state index contributed by atoms with van der Waals surface area (Å²) in [4.78, 5) is 0.249. The summed E-state index contributed by atoms with van der Waals surface area (Å²) >= 11 is 0. The fourth-order valence-corrected chi connectivity index (χ4v) is 3.01. The van der Waals surface area contributed by atoms with Crippen molar-refractivity contribution in [2.45, 2.75) is 18.2 Å². The molecule has 0 aromatic heterocycles. The van der Waals surface area contributed by atoms with Crippen LogP contribution in [0.5, 0.6) is 0 Å². The van der Waals surface area contributed by atoms with E-state index in [1.54, 1.807) is 31.2 Å². The molecule has 0 spiro atoms. The molecule has 2 rings (SSSR count). The first-order valence-corrected chi connectivity index (χ1v) is 7.03. The summed E-state index contributed by atoms with van der Waals surface area (Å²) in [5, 5.41) is 0. The maximum atomic E-state index is 11.9. The van der Waals surface area contributed by atoms with Crippen molar-refractivity contribution in [1.29, 1.82) is 0 Å². The summed E-state index contributed by atoms with van der Waals surface area (Å²) in [7, 11) is -3.63. The molecule has 4 nitrogen and oxygen atoms in total. The predicted octanol–water partition coefficient (Wildman–Crippen LogP) is 1.74. The highest BCUT2D eigenvalue weighted by Crippen LogP contribution is 2.19. The van der Waals surface area contributed by atoms with Crippen molar-refractivity contribution in [2.24, 2.45) is 5.92 Å². The highest BCUT2D eigenvalue weighted by Gasteiger charge is 2.22. The van der Waals surface area contributed by atoms with Crippen LogP contribution in [-0.2, 0) is 19.0 Å². The van der Waals surface area contributed by atoms with Gasteiger partial charge in [-0.15, -0.1) is 0 Å². The Balaban J connectivity index is 2.06. The highest BCUT2D eigenvalue weighted by atomic mass is 32.2. The SMILES string of the molecule is Cc1ccccc1S(=O)(=O)OCC1CCOC1. The van der Waals surface area contributed by atoms with E-state index in [-0.39, 0.29) is 17.4 Å². The second kappa shape index (κ2) is 5.16. The van der Waals surface area contributed by atoms with E-state index in [4.69, 9.17) is 8.92 Å². The first kappa shape index (κ1) is 12.5. The van der Waals surface area contributed by atoms with E-state index in [9.17, 15) is 8.42 Å². The normalized spacial score (nSPS) is 20.6. The number of rotatable bonds is 4. The van der Waals surface area contributed by atoms with Crippen LogP contribution in [0.2, 0.25) is 0 Å². The zero-order valence-electron chi connectivity index (χ0n) is 9.76. The summed E-state index contributed by atoms with van der Waals surface area (Å²) < 4.78 is 34.1. The average Bonchev–Trinajstić information content (AvgIpc) is 2.80. The molecular weight excluding hydrogens is 240 g/mol. The quantitative estimate of drug-likeness (QED) is 0.770. The lowest BCUT2D eigenvalue weighted by atomic mass is 10.1. The minimum atomic E-state index is -3.63. The maximum Gasteiger partial charge on any atom is 0.297 e. The van der Waals surface area contributed by atoms with Crippen LogP contribution in [0.4, 0.5) is 0 Å². The second-order valence-electron chi connectivity index (χ2n) is 4.23. The minimum absolute atomic E-state index is 0.189. The fraction of sp³-hybridized carbons (Fsp3) is 0.500. The Morgan fingerprint density at radius 1 is 1.41 bits per heavy atom. The molecule has 1 aromatic carbocycles. The van der Waals surface area contributed by atoms with E-state index >= 15 is 0 Å². The van der Waals surface area contributed by atoms with Gasteiger partial charge in [0.05, 0.1) is 18.1 Å². The van der Waals surface area contributed by atoms with Crippen LogP contribution < -0.4 is 0 Å². The molecule has 0 N–H and O–H groups in total. The maximum absolute atomic E-state index is 11.9. The van der Waals surface area contributed by atoms with Gasteiger partial charge in [-0.3, -0.25) is 4.18 Å². The van der Waals surface area contributed by atoms with Crippen molar-refractivity contribution < 1.29 is 17.3 Å². The van der Waals surface area contributed by atoms with E-state index in [1.165, 1.54) is 0 Å². The Hall–Kier alpha value is -0.910. The van der Waals surface area contributed by atoms with Crippen LogP contribution >= 0.6 is 0 Å². The number of aryl methyl sites for hydroxylation is 1. The molecule has 0 saturated carbocycles. The van der Waals surface area contributed by atoms with E-state index in [0.717, 1.165) is 6.42 Å². The van der Waals surface area contributed by atoms with Crippen LogP contribution in [0.25, 0.3) is 0 Å². The van der Waals surface area contributed by atoms with Gasteiger partial charge in [0.1, 0.15) is 0 Å². The first-order valence-electron chi connectivity index (χ1n) is 5.62. The van der Waals surface area contributed by atoms with Gasteiger partial charge in [-0.05, 0) is 25.0 Å². The van der Waals surface area contributed by atoms with Gasteiger partial charge in [0.25, 0.3) is 10.1 Å². The molecule has 0 amide bonds. The van der Waals surface area contributed by atoms with E-state index in [2.05, 4.69) is 0 Å². The molecule has 0 radical (unpaired) electrons. The minimum Gasteiger partial charge on any atom is -0.381 e. The highest BCUT2D eigenvalue weighted by molar-refractivity contribution is 7.86. The first-order chi connectivity index (χ1) is 8.09. The van der Waals surface area contributed by atoms with Gasteiger partial charge in [-0.2, -0.15) is 8.42 Å². The summed E-state index contributed by atoms with van der Waals surface area (Å²) in [6, 6.07) is 6.83. The average molecular weight is 256 g/mol. The van der Waals surface area contributed by atoms with Crippen LogP contribution in [0.15, 0.2) is 29.2 Å². The van der Waals surface area contributed by atoms with Crippen molar-refractivity contribution in [3.05, 3.63) is 29.8 Å². The molecule has 1 unspecified atom stereocenters. The fourth-order valence-electron chi connectivity index (χ4n) is 1.80. The topological polar surface area (TPSA) is 52.6 Å². The third kappa shape index (κ3) is 3.06. The van der Waals surface area contributed by atoms with Crippen molar-refractivity contribution in [3.8, 4) is 0 Å². The van der Waals surface area contributed by atoms with Crippen molar-refractivity contribution >= 4 is 10.1 Å². The molecular formula is C12H16O4S. The molecule has 0 aliphatic carbocycles. The number of hydrogen-bond acceptors (Lipinski definition) is 4. The molecule has 94 valence electrons. The molecule has 1 heterocycles. The van der Waals surface area contributed by atoms with Crippen LogP contribution in [-0.4, -0.2) is 28.2 Å². The molecule has 1 saturated heterocycles. The zero-order valence-corrected chi connectivity index (χ0v) is 10.6. The van der Waals surface area contributed by atoms with Crippen LogP contribution in [0.3, 0.4) is 0 Å². The third-order valence-corrected chi connectivity index (χ3v) is 4.29. The smallest absolute Gasteiger partial charge is 0.297 e. The number of benzene rings is 1. The van der Waals surface area contributed by atoms with Gasteiger partial charge in [0.2, 0.25) is 0 Å². The molecule has 1 atom stereocenters. The standard InChI is InChI=1S/C12H16O4S/c1-10-4-2-3-5-12(10)17(13,14)16-9-11-6-7-15-8-11/h2-5,11H,6-9H2,1H3. The number of ether oxygens (including phenoxy) is 1. The van der Waals surface area contributed by atoms with Gasteiger partial charge in [0.15, 0.2) is 0 Å². The summed E-state index contributed by atoms with van der Waals surface area (Å²) in [5.74, 6) is 0.189. The molecule has 1 aromatic rings. The van der Waals surface area contributed by atoms with Crippen molar-refractivity contribution in [1.82, 2.24) is 0 Å². The largest absolute Gasteiger partial charge is 0.381 e. The summed E-state index contributed by atoms with van der Waals surface area (Å²) in [6.45, 7) is 3.24. The van der Waals surface area contributed by atoms with Gasteiger partial charge in [0, 0.05) is 12.5 Å². The molecule has 1 aliphatic heterocycles. The van der Waals surface area contributed by atoms with Gasteiger partial charge < -0.3 is 4.74 Å². The Bertz CT molecular complexity index is 475. The van der Waals surface area contributed by atoms with Gasteiger partial charge >= 0.3 is 0 Å². The summed E-state index contributed by atoms with van der Waals surface area (Å²) in [5.41, 5.74) is 0.704. The Kier molecular flexibility index (Phi) is 3.81. The van der Waals surface area contributed by atoms with Crippen molar-refractivity contribution in [3.63, 3.8) is 0 Å². The Morgan fingerprint density at radius 3 is 2.82 bits per heavy atom. The van der Waals surface area contributed by atoms with Gasteiger partial charge in [-0.25, -0.2) is 0 Å². The van der Waals surface area contributed by atoms with Crippen LogP contribution in [0.1, 0.15) is 12.0 Å². The van der Waals surface area contributed by atoms with Gasteiger partial charge in [-0.1, -0.05) is 18.2 Å². The van der Waals surface area contributed by atoms with Crippen molar-refractivity contribution in [2.75, 3.05) is 19.8 Å². The molecule has 5 heteroatoms. The predicted molar refractivity (Wildman–Crippen MR) is 63.2 cm³/mol. The molecule has 0 bridgehead atoms. The van der Waals surface area contributed by atoms with Crippen LogP contribution in [0, 0.1) is 12.8 Å². The Morgan fingerprint density at radius 2 is 2.18 bits per heavy atom. The third-order valence-electron chi connectivity index (χ3n) is 2.85. The zero-order chi connectivity index (χ0) is 12.3. The van der Waals surface area contributed by atoms with E-state index < -0.39 is 10.1 Å². The molecule has 1 aliphatic rings. The molecule has 17 heavy (non-hydrogen) atoms.